The summed E-state index contributed by atoms with van der Waals surface area (Å²) in [5, 5.41) is 2.20. The fourth-order valence-electron chi connectivity index (χ4n) is 10.1. The molecule has 0 N–H and O–H groups in total. The van der Waals surface area contributed by atoms with Gasteiger partial charge in [-0.1, -0.05) is 146 Å². The van der Waals surface area contributed by atoms with Crippen molar-refractivity contribution in [2.45, 2.75) is 5.41 Å². The highest BCUT2D eigenvalue weighted by atomic mass is 16.6. The molecule has 2 heterocycles. The van der Waals surface area contributed by atoms with E-state index < -0.39 is 5.41 Å². The second kappa shape index (κ2) is 12.1. The number of rotatable bonds is 4. The second-order valence-electron chi connectivity index (χ2n) is 15.5. The van der Waals surface area contributed by atoms with E-state index in [1.54, 1.807) is 0 Å². The summed E-state index contributed by atoms with van der Waals surface area (Å²) in [6.45, 7) is 0. The smallest absolute Gasteiger partial charge is 0.178 e. The number of benzene rings is 9. The van der Waals surface area contributed by atoms with Crippen LogP contribution in [0.4, 0.5) is 17.1 Å². The number of anilines is 3. The first-order chi connectivity index (χ1) is 29.3. The fourth-order valence-corrected chi connectivity index (χ4v) is 10.1. The molecule has 1 spiro atoms. The van der Waals surface area contributed by atoms with Gasteiger partial charge in [0.05, 0.1) is 11.1 Å². The van der Waals surface area contributed by atoms with Gasteiger partial charge in [-0.3, -0.25) is 0 Å². The molecule has 59 heavy (non-hydrogen) atoms. The standard InChI is InChI=1S/C55H33NO3/c1-2-13-36(14-3-1)56(47-23-12-19-41-40-17-7-11-24-48(40)58-53(41)47)37-28-25-34(26-29-37)35-27-31-49-51(33-35)57-50-32-30-46-52(54(50)59-49)42-18-6-10-22-45(42)55(46)43-20-8-4-15-38(43)39-16-5-9-21-44(39)55/h1-33H. The summed E-state index contributed by atoms with van der Waals surface area (Å²) in [4.78, 5) is 2.26. The van der Waals surface area contributed by atoms with E-state index >= 15 is 0 Å². The van der Waals surface area contributed by atoms with Gasteiger partial charge in [-0.2, -0.15) is 0 Å². The molecule has 0 fully saturated rings. The molecule has 0 radical (unpaired) electrons. The summed E-state index contributed by atoms with van der Waals surface area (Å²) >= 11 is 0. The lowest BCUT2D eigenvalue weighted by Crippen LogP contribution is -2.25. The van der Waals surface area contributed by atoms with Crippen LogP contribution in [0.25, 0.3) is 55.3 Å². The van der Waals surface area contributed by atoms with Crippen molar-refractivity contribution >= 4 is 39.0 Å². The van der Waals surface area contributed by atoms with Crippen LogP contribution in [0.15, 0.2) is 205 Å². The van der Waals surface area contributed by atoms with Crippen LogP contribution in [-0.2, 0) is 5.41 Å². The van der Waals surface area contributed by atoms with Crippen LogP contribution in [0.3, 0.4) is 0 Å². The minimum Gasteiger partial charge on any atom is -0.454 e. The molecule has 0 saturated carbocycles. The zero-order chi connectivity index (χ0) is 38.7. The molecular formula is C55H33NO3. The lowest BCUT2D eigenvalue weighted by atomic mass is 9.70. The maximum absolute atomic E-state index is 6.91. The highest BCUT2D eigenvalue weighted by Gasteiger charge is 2.53. The highest BCUT2D eigenvalue weighted by Crippen LogP contribution is 2.66. The van der Waals surface area contributed by atoms with Crippen LogP contribution in [0.2, 0.25) is 0 Å². The van der Waals surface area contributed by atoms with E-state index in [9.17, 15) is 0 Å². The summed E-state index contributed by atoms with van der Waals surface area (Å²) in [6, 6.07) is 70.8. The number of hydrogen-bond acceptors (Lipinski definition) is 4. The van der Waals surface area contributed by atoms with E-state index in [4.69, 9.17) is 13.9 Å². The van der Waals surface area contributed by atoms with Crippen molar-refractivity contribution in [1.29, 1.82) is 0 Å². The predicted molar refractivity (Wildman–Crippen MR) is 237 cm³/mol. The van der Waals surface area contributed by atoms with Gasteiger partial charge >= 0.3 is 0 Å². The third-order valence-electron chi connectivity index (χ3n) is 12.6. The molecule has 276 valence electrons. The molecule has 3 aliphatic rings. The Bertz CT molecular complexity index is 3300. The van der Waals surface area contributed by atoms with Crippen LogP contribution >= 0.6 is 0 Å². The SMILES string of the molecule is c1ccc(N(c2ccc(-c3ccc4c(c3)Oc3ccc5c(c3O4)-c3ccccc3C53c4ccccc4-c4ccccc43)cc2)c2cccc3c2oc2ccccc23)cc1. The summed E-state index contributed by atoms with van der Waals surface area (Å²) in [5.74, 6) is 2.87. The summed E-state index contributed by atoms with van der Waals surface area (Å²) in [6.07, 6.45) is 0. The van der Waals surface area contributed by atoms with Crippen molar-refractivity contribution in [3.05, 3.63) is 222 Å². The second-order valence-corrected chi connectivity index (χ2v) is 15.5. The van der Waals surface area contributed by atoms with E-state index in [1.807, 2.05) is 24.3 Å². The van der Waals surface area contributed by atoms with Gasteiger partial charge in [-0.25, -0.2) is 0 Å². The molecule has 1 aromatic heterocycles. The molecular weight excluding hydrogens is 723 g/mol. The van der Waals surface area contributed by atoms with E-state index in [2.05, 4.69) is 181 Å². The molecule has 10 aromatic rings. The minimum atomic E-state index is -0.442. The zero-order valence-electron chi connectivity index (χ0n) is 31.7. The first-order valence-electron chi connectivity index (χ1n) is 20.1. The van der Waals surface area contributed by atoms with Gasteiger partial charge in [-0.05, 0) is 105 Å². The van der Waals surface area contributed by atoms with Crippen LogP contribution < -0.4 is 14.4 Å². The largest absolute Gasteiger partial charge is 0.454 e. The number of ether oxygens (including phenoxy) is 2. The van der Waals surface area contributed by atoms with Gasteiger partial charge in [0, 0.05) is 27.7 Å². The van der Waals surface area contributed by atoms with E-state index in [0.29, 0.717) is 17.2 Å². The Balaban J connectivity index is 0.878. The number of para-hydroxylation sites is 3. The first kappa shape index (κ1) is 32.3. The van der Waals surface area contributed by atoms with Gasteiger partial charge in [0.1, 0.15) is 5.58 Å². The monoisotopic (exact) mass is 755 g/mol. The number of fused-ring (bicyclic) bond motifs is 16. The van der Waals surface area contributed by atoms with Gasteiger partial charge < -0.3 is 18.8 Å². The third kappa shape index (κ3) is 4.43. The van der Waals surface area contributed by atoms with Gasteiger partial charge in [0.2, 0.25) is 0 Å². The molecule has 13 rings (SSSR count). The minimum absolute atomic E-state index is 0.442. The quantitative estimate of drug-likeness (QED) is 0.179. The topological polar surface area (TPSA) is 34.8 Å². The number of hydrogen-bond donors (Lipinski definition) is 0. The van der Waals surface area contributed by atoms with Crippen LogP contribution in [0.1, 0.15) is 22.3 Å². The summed E-state index contributed by atoms with van der Waals surface area (Å²) in [7, 11) is 0. The van der Waals surface area contributed by atoms with Crippen LogP contribution in [0, 0.1) is 0 Å². The molecule has 0 bridgehead atoms. The Morgan fingerprint density at radius 1 is 0.390 bits per heavy atom. The summed E-state index contributed by atoms with van der Waals surface area (Å²) < 4.78 is 20.2. The molecule has 0 amide bonds. The van der Waals surface area contributed by atoms with Gasteiger partial charge in [-0.15, -0.1) is 0 Å². The van der Waals surface area contributed by atoms with E-state index in [-0.39, 0.29) is 0 Å². The normalized spacial score (nSPS) is 13.5. The average molecular weight is 756 g/mol. The van der Waals surface area contributed by atoms with Crippen LogP contribution in [-0.4, -0.2) is 0 Å². The van der Waals surface area contributed by atoms with Crippen molar-refractivity contribution in [2.75, 3.05) is 4.90 Å². The molecule has 0 unspecified atom stereocenters. The predicted octanol–water partition coefficient (Wildman–Crippen LogP) is 15.0. The Morgan fingerprint density at radius 2 is 1.00 bits per heavy atom. The molecule has 1 aliphatic heterocycles. The third-order valence-corrected chi connectivity index (χ3v) is 12.6. The van der Waals surface area contributed by atoms with Crippen molar-refractivity contribution in [2.24, 2.45) is 0 Å². The van der Waals surface area contributed by atoms with Gasteiger partial charge in [0.25, 0.3) is 0 Å². The molecule has 4 heteroatoms. The van der Waals surface area contributed by atoms with Gasteiger partial charge in [0.15, 0.2) is 28.6 Å². The van der Waals surface area contributed by atoms with E-state index in [0.717, 1.165) is 61.4 Å². The lowest BCUT2D eigenvalue weighted by Gasteiger charge is -2.31. The molecule has 4 nitrogen and oxygen atoms in total. The van der Waals surface area contributed by atoms with Crippen molar-refractivity contribution in [3.8, 4) is 56.4 Å². The Morgan fingerprint density at radius 3 is 1.78 bits per heavy atom. The number of furan rings is 1. The number of nitrogens with zero attached hydrogens (tertiary/aromatic N) is 1. The first-order valence-corrected chi connectivity index (χ1v) is 20.1. The van der Waals surface area contributed by atoms with Crippen LogP contribution in [0.5, 0.6) is 23.0 Å². The Labute approximate surface area is 340 Å². The van der Waals surface area contributed by atoms with Crippen molar-refractivity contribution < 1.29 is 13.9 Å². The summed E-state index contributed by atoms with van der Waals surface area (Å²) in [5.41, 5.74) is 16.4. The zero-order valence-corrected chi connectivity index (χ0v) is 31.7. The lowest BCUT2D eigenvalue weighted by molar-refractivity contribution is 0.360. The fraction of sp³-hybridized carbons (Fsp3) is 0.0182. The maximum atomic E-state index is 6.91. The van der Waals surface area contributed by atoms with Crippen molar-refractivity contribution in [3.63, 3.8) is 0 Å². The Kier molecular flexibility index (Phi) is 6.62. The molecule has 0 atom stereocenters. The van der Waals surface area contributed by atoms with E-state index in [1.165, 1.54) is 38.9 Å². The Hall–Kier alpha value is -7.82. The molecule has 9 aromatic carbocycles. The molecule has 0 saturated heterocycles. The average Bonchev–Trinajstić information content (AvgIpc) is 3.94. The molecule has 2 aliphatic carbocycles. The van der Waals surface area contributed by atoms with Crippen molar-refractivity contribution in [1.82, 2.24) is 0 Å². The highest BCUT2D eigenvalue weighted by molar-refractivity contribution is 6.10. The maximum Gasteiger partial charge on any atom is 0.178 e.